The summed E-state index contributed by atoms with van der Waals surface area (Å²) in [6.07, 6.45) is 1.90. The maximum Gasteiger partial charge on any atom is 0.129 e. The Labute approximate surface area is 113 Å². The Morgan fingerprint density at radius 3 is 2.74 bits per heavy atom. The number of fused-ring (bicyclic) bond motifs is 1. The summed E-state index contributed by atoms with van der Waals surface area (Å²) >= 11 is 0. The summed E-state index contributed by atoms with van der Waals surface area (Å²) < 4.78 is 0. The number of nitrogens with zero attached hydrogens (tertiary/aromatic N) is 3. The molecule has 1 aromatic heterocycles. The summed E-state index contributed by atoms with van der Waals surface area (Å²) in [6.45, 7) is 4.00. The van der Waals surface area contributed by atoms with Crippen LogP contribution in [0.3, 0.4) is 0 Å². The van der Waals surface area contributed by atoms with Crippen LogP contribution >= 0.6 is 0 Å². The zero-order valence-electron chi connectivity index (χ0n) is 11.1. The van der Waals surface area contributed by atoms with Crippen molar-refractivity contribution in [1.82, 2.24) is 4.98 Å². The van der Waals surface area contributed by atoms with E-state index in [0.717, 1.165) is 37.3 Å². The summed E-state index contributed by atoms with van der Waals surface area (Å²) in [7, 11) is 0. The zero-order chi connectivity index (χ0) is 13.2. The van der Waals surface area contributed by atoms with Crippen LogP contribution in [0.4, 0.5) is 5.82 Å². The Balaban J connectivity index is 1.92. The lowest BCUT2D eigenvalue weighted by Gasteiger charge is -2.30. The number of nitriles is 1. The second-order valence-corrected chi connectivity index (χ2v) is 5.20. The molecule has 0 saturated carbocycles. The molecule has 2 aromatic rings. The number of rotatable bonds is 1. The first-order valence-electron chi connectivity index (χ1n) is 6.79. The molecule has 0 unspecified atom stereocenters. The van der Waals surface area contributed by atoms with E-state index >= 15 is 0 Å². The van der Waals surface area contributed by atoms with Crippen molar-refractivity contribution in [3.63, 3.8) is 0 Å². The van der Waals surface area contributed by atoms with E-state index in [4.69, 9.17) is 10.2 Å². The van der Waals surface area contributed by atoms with Gasteiger partial charge in [-0.3, -0.25) is 0 Å². The Morgan fingerprint density at radius 2 is 2.00 bits per heavy atom. The third-order valence-electron chi connectivity index (χ3n) is 3.91. The Morgan fingerprint density at radius 1 is 1.26 bits per heavy atom. The first-order chi connectivity index (χ1) is 9.28. The minimum Gasteiger partial charge on any atom is -0.357 e. The number of pyridine rings is 1. The highest BCUT2D eigenvalue weighted by Crippen LogP contribution is 2.25. The van der Waals surface area contributed by atoms with Crippen molar-refractivity contribution in [2.75, 3.05) is 18.0 Å². The molecule has 0 radical (unpaired) electrons. The van der Waals surface area contributed by atoms with Crippen LogP contribution in [0.15, 0.2) is 30.3 Å². The van der Waals surface area contributed by atoms with Crippen LogP contribution in [-0.2, 0) is 0 Å². The first kappa shape index (κ1) is 12.0. The number of benzene rings is 1. The quantitative estimate of drug-likeness (QED) is 0.780. The van der Waals surface area contributed by atoms with Gasteiger partial charge < -0.3 is 4.90 Å². The van der Waals surface area contributed by atoms with Gasteiger partial charge in [0.15, 0.2) is 0 Å². The molecule has 19 heavy (non-hydrogen) atoms. The average molecular weight is 251 g/mol. The number of para-hydroxylation sites is 1. The summed E-state index contributed by atoms with van der Waals surface area (Å²) in [6, 6.07) is 12.8. The van der Waals surface area contributed by atoms with Crippen LogP contribution in [0, 0.1) is 24.2 Å². The highest BCUT2D eigenvalue weighted by Gasteiger charge is 2.20. The van der Waals surface area contributed by atoms with E-state index in [-0.39, 0.29) is 5.92 Å². The summed E-state index contributed by atoms with van der Waals surface area (Å²) in [4.78, 5) is 7.05. The second-order valence-electron chi connectivity index (χ2n) is 5.20. The topological polar surface area (TPSA) is 39.9 Å². The van der Waals surface area contributed by atoms with E-state index < -0.39 is 0 Å². The summed E-state index contributed by atoms with van der Waals surface area (Å²) in [5, 5.41) is 10.2. The van der Waals surface area contributed by atoms with Gasteiger partial charge in [0.1, 0.15) is 5.82 Å². The molecule has 1 aromatic carbocycles. The van der Waals surface area contributed by atoms with Crippen LogP contribution in [0.1, 0.15) is 18.4 Å². The van der Waals surface area contributed by atoms with Crippen molar-refractivity contribution in [3.8, 4) is 6.07 Å². The van der Waals surface area contributed by atoms with E-state index in [0.29, 0.717) is 0 Å². The molecule has 1 fully saturated rings. The fourth-order valence-electron chi connectivity index (χ4n) is 2.73. The van der Waals surface area contributed by atoms with Gasteiger partial charge in [-0.15, -0.1) is 0 Å². The van der Waals surface area contributed by atoms with E-state index in [9.17, 15) is 0 Å². The number of aryl methyl sites for hydroxylation is 1. The van der Waals surface area contributed by atoms with Crippen LogP contribution in [0.5, 0.6) is 0 Å². The molecule has 1 aliphatic rings. The minimum absolute atomic E-state index is 0.220. The largest absolute Gasteiger partial charge is 0.357 e. The Bertz CT molecular complexity index is 634. The molecular formula is C16H17N3. The maximum absolute atomic E-state index is 8.95. The lowest BCUT2D eigenvalue weighted by molar-refractivity contribution is 0.485. The lowest BCUT2D eigenvalue weighted by Crippen LogP contribution is -2.33. The minimum atomic E-state index is 0.220. The standard InChI is InChI=1S/C16H17N3/c1-12-10-16(18-15-5-3-2-4-14(12)15)19-8-6-13(11-17)7-9-19/h2-5,10,13H,6-9H2,1H3. The highest BCUT2D eigenvalue weighted by atomic mass is 15.2. The fraction of sp³-hybridized carbons (Fsp3) is 0.375. The molecule has 3 nitrogen and oxygen atoms in total. The lowest BCUT2D eigenvalue weighted by atomic mass is 9.98. The van der Waals surface area contributed by atoms with Gasteiger partial charge in [0.25, 0.3) is 0 Å². The summed E-state index contributed by atoms with van der Waals surface area (Å²) in [5.41, 5.74) is 2.32. The third-order valence-corrected chi connectivity index (χ3v) is 3.91. The van der Waals surface area contributed by atoms with Gasteiger partial charge in [-0.25, -0.2) is 4.98 Å². The monoisotopic (exact) mass is 251 g/mol. The van der Waals surface area contributed by atoms with Gasteiger partial charge in [-0.1, -0.05) is 18.2 Å². The van der Waals surface area contributed by atoms with Crippen molar-refractivity contribution in [3.05, 3.63) is 35.9 Å². The molecule has 1 aliphatic heterocycles. The Hall–Kier alpha value is -2.08. The van der Waals surface area contributed by atoms with Gasteiger partial charge in [0, 0.05) is 24.4 Å². The van der Waals surface area contributed by atoms with Crippen molar-refractivity contribution >= 4 is 16.7 Å². The number of aromatic nitrogens is 1. The molecule has 3 rings (SSSR count). The normalized spacial score (nSPS) is 16.5. The molecule has 0 spiro atoms. The SMILES string of the molecule is Cc1cc(N2CCC(C#N)CC2)nc2ccccc12. The fourth-order valence-corrected chi connectivity index (χ4v) is 2.73. The zero-order valence-corrected chi connectivity index (χ0v) is 11.1. The molecule has 3 heteroatoms. The Kier molecular flexibility index (Phi) is 3.08. The predicted octanol–water partition coefficient (Wildman–Crippen LogP) is 3.28. The van der Waals surface area contributed by atoms with E-state index in [1.807, 2.05) is 6.07 Å². The molecule has 0 N–H and O–H groups in total. The second kappa shape index (κ2) is 4.89. The van der Waals surface area contributed by atoms with Gasteiger partial charge in [-0.2, -0.15) is 5.26 Å². The molecule has 0 bridgehead atoms. The average Bonchev–Trinajstić information content (AvgIpc) is 2.47. The molecule has 0 amide bonds. The van der Waals surface area contributed by atoms with Crippen LogP contribution < -0.4 is 4.90 Å². The maximum atomic E-state index is 8.95. The van der Waals surface area contributed by atoms with Crippen LogP contribution in [0.25, 0.3) is 10.9 Å². The van der Waals surface area contributed by atoms with Crippen molar-refractivity contribution in [2.24, 2.45) is 5.92 Å². The van der Waals surface area contributed by atoms with E-state index in [1.54, 1.807) is 0 Å². The first-order valence-corrected chi connectivity index (χ1v) is 6.79. The summed E-state index contributed by atoms with van der Waals surface area (Å²) in [5.74, 6) is 1.27. The highest BCUT2D eigenvalue weighted by molar-refractivity contribution is 5.83. The predicted molar refractivity (Wildman–Crippen MR) is 77.0 cm³/mol. The number of anilines is 1. The number of hydrogen-bond donors (Lipinski definition) is 0. The van der Waals surface area contributed by atoms with E-state index in [2.05, 4.69) is 42.2 Å². The molecule has 2 heterocycles. The van der Waals surface area contributed by atoms with Crippen LogP contribution in [-0.4, -0.2) is 18.1 Å². The smallest absolute Gasteiger partial charge is 0.129 e. The van der Waals surface area contributed by atoms with Gasteiger partial charge in [-0.05, 0) is 37.5 Å². The molecular weight excluding hydrogens is 234 g/mol. The third kappa shape index (κ3) is 2.26. The van der Waals surface area contributed by atoms with Gasteiger partial charge in [0.2, 0.25) is 0 Å². The number of hydrogen-bond acceptors (Lipinski definition) is 3. The molecule has 96 valence electrons. The van der Waals surface area contributed by atoms with Crippen molar-refractivity contribution < 1.29 is 0 Å². The van der Waals surface area contributed by atoms with Gasteiger partial charge in [0.05, 0.1) is 11.6 Å². The van der Waals surface area contributed by atoms with Crippen molar-refractivity contribution in [2.45, 2.75) is 19.8 Å². The van der Waals surface area contributed by atoms with Crippen molar-refractivity contribution in [1.29, 1.82) is 5.26 Å². The van der Waals surface area contributed by atoms with E-state index in [1.165, 1.54) is 10.9 Å². The van der Waals surface area contributed by atoms with Crippen LogP contribution in [0.2, 0.25) is 0 Å². The number of piperidine rings is 1. The molecule has 1 saturated heterocycles. The van der Waals surface area contributed by atoms with Gasteiger partial charge >= 0.3 is 0 Å². The molecule has 0 aliphatic carbocycles. The molecule has 0 atom stereocenters.